The third-order valence-corrected chi connectivity index (χ3v) is 5.76. The Balaban J connectivity index is 2.12. The molecule has 1 amide bonds. The zero-order valence-corrected chi connectivity index (χ0v) is 15.1. The van der Waals surface area contributed by atoms with Crippen molar-refractivity contribution in [1.29, 1.82) is 0 Å². The first kappa shape index (κ1) is 17.4. The molecule has 0 spiro atoms. The smallest absolute Gasteiger partial charge is 0.267 e. The number of rotatable bonds is 6. The highest BCUT2D eigenvalue weighted by molar-refractivity contribution is 7.73. The van der Waals surface area contributed by atoms with Crippen molar-refractivity contribution in [2.75, 3.05) is 38.5 Å². The number of carbonyl (C=O) groups excluding carboxylic acids is 1. The van der Waals surface area contributed by atoms with Crippen LogP contribution >= 0.6 is 23.6 Å². The molecule has 0 unspecified atom stereocenters. The molecule has 1 aliphatic heterocycles. The number of amides is 1. The van der Waals surface area contributed by atoms with Crippen LogP contribution in [0.25, 0.3) is 0 Å². The number of thiazole rings is 1. The van der Waals surface area contributed by atoms with Crippen molar-refractivity contribution in [2.24, 2.45) is 0 Å². The van der Waals surface area contributed by atoms with Crippen LogP contribution in [0.4, 0.5) is 5.82 Å². The topological polar surface area (TPSA) is 54.5 Å². The highest BCUT2D eigenvalue weighted by Gasteiger charge is 2.23. The number of likely N-dealkylation sites (tertiary alicyclic amines) is 1. The van der Waals surface area contributed by atoms with Gasteiger partial charge in [-0.15, -0.1) is 0 Å². The van der Waals surface area contributed by atoms with Gasteiger partial charge >= 0.3 is 0 Å². The quantitative estimate of drug-likeness (QED) is 0.808. The first-order valence-corrected chi connectivity index (χ1v) is 9.31. The first-order chi connectivity index (χ1) is 10.6. The predicted molar refractivity (Wildman–Crippen MR) is 95.1 cm³/mol. The molecule has 7 heteroatoms. The molecular formula is C15H26N4OS2. The molecule has 22 heavy (non-hydrogen) atoms. The third-order valence-electron chi connectivity index (χ3n) is 4.30. The molecule has 0 saturated carbocycles. The van der Waals surface area contributed by atoms with E-state index < -0.39 is 0 Å². The van der Waals surface area contributed by atoms with Crippen LogP contribution in [0.15, 0.2) is 0 Å². The molecule has 0 aliphatic carbocycles. The normalized spacial score (nSPS) is 15.5. The highest BCUT2D eigenvalue weighted by atomic mass is 32.1. The highest BCUT2D eigenvalue weighted by Crippen LogP contribution is 2.25. The van der Waals surface area contributed by atoms with E-state index in [1.54, 1.807) is 0 Å². The number of likely N-dealkylation sites (N-methyl/N-ethyl adjacent to an activating group) is 1. The zero-order chi connectivity index (χ0) is 16.1. The SMILES string of the molecule is CCN(CC)CCn1c(N)c(C(=O)N2CCCCC2)sc1=S. The Morgan fingerprint density at radius 1 is 1.27 bits per heavy atom. The van der Waals surface area contributed by atoms with Gasteiger partial charge in [0.05, 0.1) is 0 Å². The van der Waals surface area contributed by atoms with Gasteiger partial charge in [-0.3, -0.25) is 4.79 Å². The van der Waals surface area contributed by atoms with Crippen molar-refractivity contribution < 1.29 is 4.79 Å². The van der Waals surface area contributed by atoms with Crippen LogP contribution in [0.1, 0.15) is 42.8 Å². The van der Waals surface area contributed by atoms with Crippen molar-refractivity contribution >= 4 is 35.3 Å². The van der Waals surface area contributed by atoms with Gasteiger partial charge in [0.25, 0.3) is 5.91 Å². The lowest BCUT2D eigenvalue weighted by Crippen LogP contribution is -2.35. The van der Waals surface area contributed by atoms with E-state index in [1.807, 2.05) is 9.47 Å². The van der Waals surface area contributed by atoms with Gasteiger partial charge in [-0.05, 0) is 44.6 Å². The second kappa shape index (κ2) is 8.08. The number of carbonyl (C=O) groups is 1. The maximum Gasteiger partial charge on any atom is 0.267 e. The summed E-state index contributed by atoms with van der Waals surface area (Å²) in [7, 11) is 0. The summed E-state index contributed by atoms with van der Waals surface area (Å²) in [4.78, 5) is 17.5. The van der Waals surface area contributed by atoms with Crippen LogP contribution in [0.5, 0.6) is 0 Å². The minimum absolute atomic E-state index is 0.0508. The average Bonchev–Trinajstić information content (AvgIpc) is 2.83. The van der Waals surface area contributed by atoms with E-state index in [-0.39, 0.29) is 5.91 Å². The molecule has 0 aromatic carbocycles. The number of hydrogen-bond acceptors (Lipinski definition) is 5. The Hall–Kier alpha value is -0.920. The van der Waals surface area contributed by atoms with E-state index in [9.17, 15) is 4.79 Å². The minimum atomic E-state index is 0.0508. The number of nitrogens with zero attached hydrogens (tertiary/aromatic N) is 3. The van der Waals surface area contributed by atoms with Crippen LogP contribution in [0.3, 0.4) is 0 Å². The Bertz CT molecular complexity index is 556. The van der Waals surface area contributed by atoms with Crippen molar-refractivity contribution in [3.63, 3.8) is 0 Å². The zero-order valence-electron chi connectivity index (χ0n) is 13.5. The Morgan fingerprint density at radius 3 is 2.50 bits per heavy atom. The van der Waals surface area contributed by atoms with Gasteiger partial charge < -0.3 is 20.1 Å². The van der Waals surface area contributed by atoms with E-state index in [4.69, 9.17) is 18.0 Å². The molecule has 1 aromatic heterocycles. The number of nitrogen functional groups attached to an aromatic ring is 1. The molecule has 0 radical (unpaired) electrons. The van der Waals surface area contributed by atoms with Crippen LogP contribution < -0.4 is 5.73 Å². The monoisotopic (exact) mass is 342 g/mol. The van der Waals surface area contributed by atoms with Crippen LogP contribution in [-0.4, -0.2) is 53.0 Å². The lowest BCUT2D eigenvalue weighted by atomic mass is 10.1. The van der Waals surface area contributed by atoms with Crippen molar-refractivity contribution in [3.8, 4) is 0 Å². The van der Waals surface area contributed by atoms with E-state index in [0.717, 1.165) is 52.1 Å². The Morgan fingerprint density at radius 2 is 1.91 bits per heavy atom. The summed E-state index contributed by atoms with van der Waals surface area (Å²) in [6.07, 6.45) is 3.37. The fourth-order valence-electron chi connectivity index (χ4n) is 2.80. The summed E-state index contributed by atoms with van der Waals surface area (Å²) < 4.78 is 2.61. The lowest BCUT2D eigenvalue weighted by Gasteiger charge is -2.26. The second-order valence-electron chi connectivity index (χ2n) is 5.61. The maximum absolute atomic E-state index is 12.6. The number of hydrogen-bond donors (Lipinski definition) is 1. The van der Waals surface area contributed by atoms with Gasteiger partial charge in [-0.1, -0.05) is 25.2 Å². The minimum Gasteiger partial charge on any atom is -0.384 e. The number of piperidine rings is 1. The Labute approximate surface area is 141 Å². The first-order valence-electron chi connectivity index (χ1n) is 8.09. The van der Waals surface area contributed by atoms with Gasteiger partial charge in [-0.25, -0.2) is 0 Å². The second-order valence-corrected chi connectivity index (χ2v) is 7.26. The van der Waals surface area contributed by atoms with Crippen molar-refractivity contribution in [1.82, 2.24) is 14.4 Å². The fraction of sp³-hybridized carbons (Fsp3) is 0.733. The molecule has 1 aromatic rings. The van der Waals surface area contributed by atoms with Gasteiger partial charge in [-0.2, -0.15) is 0 Å². The van der Waals surface area contributed by atoms with Gasteiger partial charge in [0.2, 0.25) is 0 Å². The summed E-state index contributed by atoms with van der Waals surface area (Å²) in [6, 6.07) is 0. The van der Waals surface area contributed by atoms with Crippen molar-refractivity contribution in [2.45, 2.75) is 39.7 Å². The molecule has 0 bridgehead atoms. The Kier molecular flexibility index (Phi) is 6.40. The fourth-order valence-corrected chi connectivity index (χ4v) is 4.15. The molecule has 1 aliphatic rings. The summed E-state index contributed by atoms with van der Waals surface area (Å²) in [6.45, 7) is 9.62. The molecule has 124 valence electrons. The van der Waals surface area contributed by atoms with E-state index in [0.29, 0.717) is 14.6 Å². The number of nitrogens with two attached hydrogens (primary N) is 1. The van der Waals surface area contributed by atoms with Gasteiger partial charge in [0, 0.05) is 26.2 Å². The van der Waals surface area contributed by atoms with Gasteiger partial charge in [0.15, 0.2) is 3.95 Å². The van der Waals surface area contributed by atoms with Crippen LogP contribution in [0, 0.1) is 3.95 Å². The van der Waals surface area contributed by atoms with Crippen molar-refractivity contribution in [3.05, 3.63) is 8.83 Å². The number of anilines is 1. The lowest BCUT2D eigenvalue weighted by molar-refractivity contribution is 0.0730. The average molecular weight is 343 g/mol. The standard InChI is InChI=1S/C15H26N4OS2/c1-3-17(4-2)10-11-19-13(16)12(22-15(19)21)14(20)18-8-6-5-7-9-18/h3-11,16H2,1-2H3. The number of aromatic nitrogens is 1. The maximum atomic E-state index is 12.6. The molecule has 2 heterocycles. The van der Waals surface area contributed by atoms with E-state index >= 15 is 0 Å². The summed E-state index contributed by atoms with van der Waals surface area (Å²) in [5.74, 6) is 0.590. The summed E-state index contributed by atoms with van der Waals surface area (Å²) in [5.41, 5.74) is 6.22. The molecular weight excluding hydrogens is 316 g/mol. The van der Waals surface area contributed by atoms with E-state index in [1.165, 1.54) is 17.8 Å². The molecule has 0 atom stereocenters. The molecule has 5 nitrogen and oxygen atoms in total. The van der Waals surface area contributed by atoms with E-state index in [2.05, 4.69) is 18.7 Å². The predicted octanol–water partition coefficient (Wildman–Crippen LogP) is 2.83. The molecule has 2 N–H and O–H groups in total. The summed E-state index contributed by atoms with van der Waals surface area (Å²) >= 11 is 6.77. The third kappa shape index (κ3) is 3.88. The largest absolute Gasteiger partial charge is 0.384 e. The van der Waals surface area contributed by atoms with Crippen LogP contribution in [-0.2, 0) is 6.54 Å². The van der Waals surface area contributed by atoms with Crippen LogP contribution in [0.2, 0.25) is 0 Å². The summed E-state index contributed by atoms with van der Waals surface area (Å²) in [5, 5.41) is 0. The molecule has 1 fully saturated rings. The van der Waals surface area contributed by atoms with Gasteiger partial charge in [0.1, 0.15) is 10.7 Å². The molecule has 2 rings (SSSR count). The molecule has 1 saturated heterocycles.